The smallest absolute Gasteiger partial charge is 0.367 e. The highest BCUT2D eigenvalue weighted by molar-refractivity contribution is 7.18. The van der Waals surface area contributed by atoms with Crippen LogP contribution in [-0.2, 0) is 13.0 Å². The van der Waals surface area contributed by atoms with Gasteiger partial charge in [0, 0.05) is 36.6 Å². The highest BCUT2D eigenvalue weighted by Gasteiger charge is 2.29. The van der Waals surface area contributed by atoms with Crippen molar-refractivity contribution in [2.75, 3.05) is 18.4 Å². The first-order valence-electron chi connectivity index (χ1n) is 10.5. The third-order valence-corrected chi connectivity index (χ3v) is 6.77. The lowest BCUT2D eigenvalue weighted by Gasteiger charge is -2.32. The number of nitrogens with one attached hydrogen (secondary N) is 2. The Bertz CT molecular complexity index is 1330. The number of aromatic nitrogens is 4. The second-order valence-electron chi connectivity index (χ2n) is 8.17. The Labute approximate surface area is 191 Å². The summed E-state index contributed by atoms with van der Waals surface area (Å²) in [5.74, 6) is 0.594. The topological polar surface area (TPSA) is 93.5 Å². The lowest BCUT2D eigenvalue weighted by Crippen LogP contribution is -2.39. The molecule has 2 N–H and O–H groups in total. The van der Waals surface area contributed by atoms with Crippen LogP contribution in [0.15, 0.2) is 30.6 Å². The lowest BCUT2D eigenvalue weighted by atomic mass is 10.0. The second kappa shape index (κ2) is 8.61. The number of anilines is 1. The van der Waals surface area contributed by atoms with Gasteiger partial charge in [0.05, 0.1) is 28.5 Å². The number of hydrogen-bond acceptors (Lipinski definition) is 7. The first-order valence-corrected chi connectivity index (χ1v) is 11.4. The zero-order chi connectivity index (χ0) is 23.0. The van der Waals surface area contributed by atoms with Crippen LogP contribution in [0.25, 0.3) is 21.3 Å². The molecule has 170 valence electrons. The summed E-state index contributed by atoms with van der Waals surface area (Å²) in [5, 5.41) is 13.1. The first kappa shape index (κ1) is 21.6. The van der Waals surface area contributed by atoms with Gasteiger partial charge in [-0.1, -0.05) is 0 Å². The van der Waals surface area contributed by atoms with Crippen molar-refractivity contribution in [1.82, 2.24) is 24.8 Å². The van der Waals surface area contributed by atoms with Crippen molar-refractivity contribution >= 4 is 38.4 Å². The van der Waals surface area contributed by atoms with E-state index in [0.717, 1.165) is 60.5 Å². The molecule has 0 bridgehead atoms. The summed E-state index contributed by atoms with van der Waals surface area (Å²) in [5.41, 5.74) is 3.08. The maximum Gasteiger partial charge on any atom is 0.393 e. The number of pyridine rings is 1. The van der Waals surface area contributed by atoms with Gasteiger partial charge in [-0.25, -0.2) is 15.0 Å². The molecule has 0 saturated carbocycles. The molecule has 0 unspecified atom stereocenters. The van der Waals surface area contributed by atoms with E-state index in [1.165, 1.54) is 6.33 Å². The molecule has 1 aliphatic rings. The zero-order valence-corrected chi connectivity index (χ0v) is 18.3. The van der Waals surface area contributed by atoms with Crippen molar-refractivity contribution < 1.29 is 13.2 Å². The quantitative estimate of drug-likeness (QED) is 0.441. The summed E-state index contributed by atoms with van der Waals surface area (Å²) in [6.07, 6.45) is -2.03. The van der Waals surface area contributed by atoms with Gasteiger partial charge < -0.3 is 10.3 Å². The standard InChI is InChI=1S/C22H20F3N7S/c23-22(24,25)9-16-8-17-20(27-12-28-21(17)33-16)31-13-3-5-32(6-4-13)11-14-1-2-18-19(29-14)7-15(10-26)30-18/h1-2,7-8,12-13,30H,3-6,9,11H2,(H,27,28,31). The summed E-state index contributed by atoms with van der Waals surface area (Å²) < 4.78 is 38.3. The van der Waals surface area contributed by atoms with E-state index >= 15 is 0 Å². The van der Waals surface area contributed by atoms with Crippen molar-refractivity contribution in [3.8, 4) is 6.07 Å². The number of nitriles is 1. The van der Waals surface area contributed by atoms with Gasteiger partial charge in [0.2, 0.25) is 0 Å². The number of nitrogens with zero attached hydrogens (tertiary/aromatic N) is 5. The molecule has 0 aromatic carbocycles. The van der Waals surface area contributed by atoms with E-state index in [1.54, 1.807) is 12.1 Å². The fraction of sp³-hybridized carbons (Fsp3) is 0.364. The average Bonchev–Trinajstić information content (AvgIpc) is 3.37. The largest absolute Gasteiger partial charge is 0.393 e. The van der Waals surface area contributed by atoms with Crippen molar-refractivity contribution in [3.63, 3.8) is 0 Å². The number of piperidine rings is 1. The van der Waals surface area contributed by atoms with Crippen LogP contribution in [0, 0.1) is 11.3 Å². The number of halogens is 3. The summed E-state index contributed by atoms with van der Waals surface area (Å²) in [4.78, 5) is 19.2. The normalized spacial score (nSPS) is 15.8. The Kier molecular flexibility index (Phi) is 5.64. The number of H-pyrrole nitrogens is 1. The van der Waals surface area contributed by atoms with Crippen LogP contribution in [-0.4, -0.2) is 50.1 Å². The fourth-order valence-corrected chi connectivity index (χ4v) is 5.19. The van der Waals surface area contributed by atoms with E-state index in [2.05, 4.69) is 36.2 Å². The van der Waals surface area contributed by atoms with Crippen LogP contribution in [0.5, 0.6) is 0 Å². The minimum atomic E-state index is -4.24. The molecule has 5 rings (SSSR count). The van der Waals surface area contributed by atoms with Crippen molar-refractivity contribution in [2.24, 2.45) is 0 Å². The maximum absolute atomic E-state index is 12.8. The number of rotatable bonds is 5. The van der Waals surface area contributed by atoms with Gasteiger partial charge >= 0.3 is 6.18 Å². The van der Waals surface area contributed by atoms with E-state index in [4.69, 9.17) is 5.26 Å². The van der Waals surface area contributed by atoms with Crippen LogP contribution < -0.4 is 5.32 Å². The Morgan fingerprint density at radius 1 is 1.21 bits per heavy atom. The molecule has 0 aliphatic carbocycles. The van der Waals surface area contributed by atoms with Crippen molar-refractivity contribution in [3.05, 3.63) is 46.9 Å². The van der Waals surface area contributed by atoms with Crippen molar-refractivity contribution in [1.29, 1.82) is 5.26 Å². The first-order chi connectivity index (χ1) is 15.9. The van der Waals surface area contributed by atoms with E-state index in [9.17, 15) is 13.2 Å². The minimum Gasteiger partial charge on any atom is -0.367 e. The Balaban J connectivity index is 1.21. The number of hydrogen-bond donors (Lipinski definition) is 2. The Morgan fingerprint density at radius 2 is 2.03 bits per heavy atom. The number of aromatic amines is 1. The van der Waals surface area contributed by atoms with Gasteiger partial charge in [0.15, 0.2) is 0 Å². The van der Waals surface area contributed by atoms with E-state index < -0.39 is 12.6 Å². The molecule has 5 heterocycles. The van der Waals surface area contributed by atoms with Gasteiger partial charge in [-0.05, 0) is 31.0 Å². The van der Waals surface area contributed by atoms with Crippen LogP contribution >= 0.6 is 11.3 Å². The summed E-state index contributed by atoms with van der Waals surface area (Å²) >= 11 is 1.06. The van der Waals surface area contributed by atoms with Crippen LogP contribution in [0.4, 0.5) is 19.0 Å². The molecule has 1 aliphatic heterocycles. The maximum atomic E-state index is 12.8. The van der Waals surface area contributed by atoms with Gasteiger partial charge in [0.25, 0.3) is 0 Å². The van der Waals surface area contributed by atoms with E-state index in [0.29, 0.717) is 21.7 Å². The van der Waals surface area contributed by atoms with Crippen LogP contribution in [0.3, 0.4) is 0 Å². The molecule has 1 fully saturated rings. The number of fused-ring (bicyclic) bond motifs is 2. The highest BCUT2D eigenvalue weighted by Crippen LogP contribution is 2.33. The Morgan fingerprint density at radius 3 is 2.79 bits per heavy atom. The van der Waals surface area contributed by atoms with Gasteiger partial charge in [-0.15, -0.1) is 11.3 Å². The summed E-state index contributed by atoms with van der Waals surface area (Å²) in [7, 11) is 0. The van der Waals surface area contributed by atoms with E-state index in [-0.39, 0.29) is 10.9 Å². The molecule has 4 aromatic rings. The molecule has 1 saturated heterocycles. The third-order valence-electron chi connectivity index (χ3n) is 5.72. The number of alkyl halides is 3. The van der Waals surface area contributed by atoms with E-state index in [1.807, 2.05) is 12.1 Å². The van der Waals surface area contributed by atoms with Gasteiger partial charge in [-0.3, -0.25) is 4.90 Å². The monoisotopic (exact) mass is 471 g/mol. The molecule has 7 nitrogen and oxygen atoms in total. The molecule has 33 heavy (non-hydrogen) atoms. The molecule has 4 aromatic heterocycles. The minimum absolute atomic E-state index is 0.184. The SMILES string of the molecule is N#Cc1cc2nc(CN3CCC(Nc4ncnc5sc(CC(F)(F)F)cc45)CC3)ccc2[nH]1. The fourth-order valence-electron chi connectivity index (χ4n) is 4.16. The average molecular weight is 472 g/mol. The van der Waals surface area contributed by atoms with Crippen LogP contribution in [0.2, 0.25) is 0 Å². The zero-order valence-electron chi connectivity index (χ0n) is 17.5. The molecule has 0 atom stereocenters. The molecule has 0 spiro atoms. The Hall–Kier alpha value is -3.23. The lowest BCUT2D eigenvalue weighted by molar-refractivity contribution is -0.126. The highest BCUT2D eigenvalue weighted by atomic mass is 32.1. The predicted molar refractivity (Wildman–Crippen MR) is 120 cm³/mol. The second-order valence-corrected chi connectivity index (χ2v) is 9.29. The molecule has 0 amide bonds. The number of likely N-dealkylation sites (tertiary alicyclic amines) is 1. The van der Waals surface area contributed by atoms with Gasteiger partial charge in [0.1, 0.15) is 28.7 Å². The van der Waals surface area contributed by atoms with Gasteiger partial charge in [-0.2, -0.15) is 18.4 Å². The van der Waals surface area contributed by atoms with Crippen molar-refractivity contribution in [2.45, 2.75) is 38.0 Å². The molecule has 11 heteroatoms. The summed E-state index contributed by atoms with van der Waals surface area (Å²) in [6, 6.07) is 9.49. The third kappa shape index (κ3) is 4.91. The predicted octanol–water partition coefficient (Wildman–Crippen LogP) is 4.62. The molecular weight excluding hydrogens is 451 g/mol. The molecule has 0 radical (unpaired) electrons. The number of thiophene rings is 1. The molecular formula is C22H20F3N7S. The summed E-state index contributed by atoms with van der Waals surface area (Å²) in [6.45, 7) is 2.45. The van der Waals surface area contributed by atoms with Crippen LogP contribution in [0.1, 0.15) is 29.1 Å².